The average Bonchev–Trinajstić information content (AvgIpc) is 2.71. The molecular formula is C24H26N4O2. The van der Waals surface area contributed by atoms with Crippen LogP contribution in [0.3, 0.4) is 0 Å². The lowest BCUT2D eigenvalue weighted by Gasteiger charge is -2.23. The van der Waals surface area contributed by atoms with Crippen LogP contribution in [0.4, 0.5) is 23.1 Å². The number of para-hydroxylation sites is 2. The molecule has 1 aliphatic carbocycles. The molecule has 0 fully saturated rings. The Morgan fingerprint density at radius 3 is 2.53 bits per heavy atom. The van der Waals surface area contributed by atoms with Crippen LogP contribution in [0.5, 0.6) is 5.75 Å². The molecule has 30 heavy (non-hydrogen) atoms. The zero-order valence-electron chi connectivity index (χ0n) is 17.7. The quantitative estimate of drug-likeness (QED) is 0.599. The van der Waals surface area contributed by atoms with Crippen molar-refractivity contribution in [1.29, 1.82) is 0 Å². The number of aromatic nitrogens is 2. The first-order valence-corrected chi connectivity index (χ1v) is 10.1. The predicted molar refractivity (Wildman–Crippen MR) is 119 cm³/mol. The summed E-state index contributed by atoms with van der Waals surface area (Å²) >= 11 is 0. The van der Waals surface area contributed by atoms with Gasteiger partial charge in [-0.05, 0) is 55.5 Å². The van der Waals surface area contributed by atoms with Crippen LogP contribution in [0.25, 0.3) is 0 Å². The van der Waals surface area contributed by atoms with Crippen molar-refractivity contribution in [3.05, 3.63) is 64.8 Å². The van der Waals surface area contributed by atoms with E-state index in [-0.39, 0.29) is 11.7 Å². The van der Waals surface area contributed by atoms with Crippen molar-refractivity contribution in [2.75, 3.05) is 17.7 Å². The molecule has 1 aromatic heterocycles. The molecule has 154 valence electrons. The Hall–Kier alpha value is -3.41. The molecule has 2 aromatic carbocycles. The first-order valence-electron chi connectivity index (χ1n) is 10.1. The highest BCUT2D eigenvalue weighted by molar-refractivity contribution is 6.03. The summed E-state index contributed by atoms with van der Waals surface area (Å²) in [5.41, 5.74) is 5.38. The summed E-state index contributed by atoms with van der Waals surface area (Å²) < 4.78 is 5.43. The molecular weight excluding hydrogens is 376 g/mol. The number of methoxy groups -OCH3 is 1. The zero-order chi connectivity index (χ0) is 21.3. The lowest BCUT2D eigenvalue weighted by Crippen LogP contribution is -2.22. The lowest BCUT2D eigenvalue weighted by molar-refractivity contribution is 0.0953. The van der Waals surface area contributed by atoms with Crippen molar-refractivity contribution in [3.63, 3.8) is 0 Å². The Bertz CT molecular complexity index is 1110. The van der Waals surface area contributed by atoms with Gasteiger partial charge in [-0.25, -0.2) is 4.98 Å². The summed E-state index contributed by atoms with van der Waals surface area (Å²) in [5, 5.41) is 6.65. The molecule has 4 rings (SSSR count). The van der Waals surface area contributed by atoms with E-state index in [0.717, 1.165) is 29.1 Å². The Morgan fingerprint density at radius 1 is 0.967 bits per heavy atom. The van der Waals surface area contributed by atoms with Gasteiger partial charge in [0.05, 0.1) is 24.1 Å². The fourth-order valence-electron chi connectivity index (χ4n) is 3.80. The van der Waals surface area contributed by atoms with Crippen LogP contribution < -0.4 is 15.4 Å². The average molecular weight is 402 g/mol. The number of hydrogen-bond donors (Lipinski definition) is 2. The van der Waals surface area contributed by atoms with Crippen molar-refractivity contribution >= 4 is 28.9 Å². The zero-order valence-corrected chi connectivity index (χ0v) is 17.7. The molecule has 1 atom stereocenters. The Morgan fingerprint density at radius 2 is 1.73 bits per heavy atom. The molecule has 1 aliphatic rings. The summed E-state index contributed by atoms with van der Waals surface area (Å²) in [7, 11) is 1.63. The van der Waals surface area contributed by atoms with Crippen molar-refractivity contribution < 1.29 is 9.53 Å². The van der Waals surface area contributed by atoms with E-state index in [1.54, 1.807) is 7.11 Å². The number of Topliss-reactive ketones (excluding diaryl/α,β-unsaturated/α-hetero) is 1. The summed E-state index contributed by atoms with van der Waals surface area (Å²) in [6.45, 7) is 6.20. The molecule has 0 bridgehead atoms. The molecule has 0 saturated carbocycles. The Labute approximate surface area is 176 Å². The summed E-state index contributed by atoms with van der Waals surface area (Å²) in [4.78, 5) is 22.2. The van der Waals surface area contributed by atoms with Crippen molar-refractivity contribution in [2.45, 2.75) is 33.6 Å². The van der Waals surface area contributed by atoms with Gasteiger partial charge in [0.15, 0.2) is 5.78 Å². The normalized spacial score (nSPS) is 15.5. The third-order valence-electron chi connectivity index (χ3n) is 5.55. The monoisotopic (exact) mass is 402 g/mol. The number of nitrogens with zero attached hydrogens (tertiary/aromatic N) is 2. The first kappa shape index (κ1) is 19.9. The molecule has 3 aromatic rings. The smallest absolute Gasteiger partial charge is 0.229 e. The molecule has 0 saturated heterocycles. The van der Waals surface area contributed by atoms with Crippen LogP contribution in [0.15, 0.2) is 42.5 Å². The maximum absolute atomic E-state index is 12.9. The van der Waals surface area contributed by atoms with Crippen LogP contribution in [-0.4, -0.2) is 22.9 Å². The second kappa shape index (κ2) is 8.14. The number of aryl methyl sites for hydroxylation is 1. The van der Waals surface area contributed by atoms with E-state index >= 15 is 0 Å². The number of benzene rings is 2. The highest BCUT2D eigenvalue weighted by Gasteiger charge is 2.28. The molecule has 0 radical (unpaired) electrons. The van der Waals surface area contributed by atoms with Gasteiger partial charge in [0.1, 0.15) is 11.6 Å². The predicted octanol–water partition coefficient (Wildman–Crippen LogP) is 5.35. The fourth-order valence-corrected chi connectivity index (χ4v) is 3.80. The van der Waals surface area contributed by atoms with E-state index in [2.05, 4.69) is 47.4 Å². The van der Waals surface area contributed by atoms with Gasteiger partial charge in [-0.15, -0.1) is 0 Å². The van der Waals surface area contributed by atoms with Crippen molar-refractivity contribution in [2.24, 2.45) is 5.92 Å². The Kier molecular flexibility index (Phi) is 5.40. The van der Waals surface area contributed by atoms with Crippen molar-refractivity contribution in [3.8, 4) is 5.75 Å². The van der Waals surface area contributed by atoms with E-state index in [9.17, 15) is 4.79 Å². The van der Waals surface area contributed by atoms with E-state index in [4.69, 9.17) is 4.74 Å². The van der Waals surface area contributed by atoms with Gasteiger partial charge in [-0.3, -0.25) is 4.79 Å². The topological polar surface area (TPSA) is 76.1 Å². The second-order valence-electron chi connectivity index (χ2n) is 7.85. The third kappa shape index (κ3) is 3.85. The van der Waals surface area contributed by atoms with E-state index in [1.165, 1.54) is 5.56 Å². The molecule has 1 unspecified atom stereocenters. The lowest BCUT2D eigenvalue weighted by atomic mass is 9.87. The number of rotatable bonds is 5. The Balaban J connectivity index is 1.79. The van der Waals surface area contributed by atoms with Gasteiger partial charge in [0.2, 0.25) is 5.95 Å². The maximum Gasteiger partial charge on any atom is 0.229 e. The minimum atomic E-state index is 0.0837. The molecule has 2 N–H and O–H groups in total. The van der Waals surface area contributed by atoms with Gasteiger partial charge in [-0.1, -0.05) is 31.2 Å². The van der Waals surface area contributed by atoms with Crippen LogP contribution >= 0.6 is 0 Å². The third-order valence-corrected chi connectivity index (χ3v) is 5.55. The molecule has 0 aliphatic heterocycles. The number of carbonyl (C=O) groups is 1. The summed E-state index contributed by atoms with van der Waals surface area (Å²) in [6, 6.07) is 13.7. The summed E-state index contributed by atoms with van der Waals surface area (Å²) in [5.74, 6) is 2.02. The van der Waals surface area contributed by atoms with E-state index in [1.807, 2.05) is 36.4 Å². The number of anilines is 4. The van der Waals surface area contributed by atoms with Crippen LogP contribution in [0.2, 0.25) is 0 Å². The largest absolute Gasteiger partial charge is 0.495 e. The number of fused-ring (bicyclic) bond motifs is 1. The van der Waals surface area contributed by atoms with Crippen molar-refractivity contribution in [1.82, 2.24) is 9.97 Å². The van der Waals surface area contributed by atoms with Gasteiger partial charge in [0.25, 0.3) is 0 Å². The minimum Gasteiger partial charge on any atom is -0.495 e. The van der Waals surface area contributed by atoms with Gasteiger partial charge >= 0.3 is 0 Å². The summed E-state index contributed by atoms with van der Waals surface area (Å²) in [6.07, 6.45) is 1.25. The number of nitrogens with one attached hydrogen (secondary N) is 2. The highest BCUT2D eigenvalue weighted by Crippen LogP contribution is 2.34. The first-order chi connectivity index (χ1) is 14.5. The molecule has 6 nitrogen and oxygen atoms in total. The number of carbonyl (C=O) groups excluding carboxylic acids is 1. The maximum atomic E-state index is 12.9. The molecule has 0 amide bonds. The minimum absolute atomic E-state index is 0.0837. The second-order valence-corrected chi connectivity index (χ2v) is 7.85. The fraction of sp³-hybridized carbons (Fsp3) is 0.292. The van der Waals surface area contributed by atoms with Gasteiger partial charge in [0, 0.05) is 12.1 Å². The van der Waals surface area contributed by atoms with Crippen LogP contribution in [0.1, 0.15) is 40.5 Å². The van der Waals surface area contributed by atoms with Gasteiger partial charge in [-0.2, -0.15) is 4.98 Å². The van der Waals surface area contributed by atoms with Crippen LogP contribution in [-0.2, 0) is 6.42 Å². The number of hydrogen-bond acceptors (Lipinski definition) is 6. The molecule has 1 heterocycles. The van der Waals surface area contributed by atoms with E-state index < -0.39 is 0 Å². The highest BCUT2D eigenvalue weighted by atomic mass is 16.5. The molecule has 6 heteroatoms. The SMILES string of the molecule is COc1ccccc1Nc1nc2c(c(Nc3cccc(C)c3C)n1)C(=O)CC(C)C2. The van der Waals surface area contributed by atoms with Gasteiger partial charge < -0.3 is 15.4 Å². The number of ether oxygens (including phenoxy) is 1. The van der Waals surface area contributed by atoms with E-state index in [0.29, 0.717) is 29.5 Å². The number of ketones is 1. The molecule has 0 spiro atoms. The standard InChI is InChI=1S/C24H26N4O2/c1-14-12-19-22(20(29)13-14)23(25-17-10-7-8-15(2)16(17)3)28-24(27-19)26-18-9-5-6-11-21(18)30-4/h5-11,14H,12-13H2,1-4H3,(H2,25,26,27,28). The van der Waals surface area contributed by atoms with Crippen LogP contribution in [0, 0.1) is 19.8 Å².